The smallest absolute Gasteiger partial charge is 0.255 e. The van der Waals surface area contributed by atoms with Gasteiger partial charge in [-0.25, -0.2) is 0 Å². The number of aryl methyl sites for hydroxylation is 2. The Bertz CT molecular complexity index is 2210. The number of aromatic hydroxyl groups is 1. The molecule has 0 unspecified atom stereocenters. The summed E-state index contributed by atoms with van der Waals surface area (Å²) in [5, 5.41) is 12.7. The van der Waals surface area contributed by atoms with Gasteiger partial charge < -0.3 is 24.5 Å². The van der Waals surface area contributed by atoms with Crippen molar-refractivity contribution in [1.29, 1.82) is 0 Å². The number of nitrogens with zero attached hydrogens (tertiary/aromatic N) is 4. The maximum Gasteiger partial charge on any atom is 0.255 e. The quantitative estimate of drug-likeness (QED) is 0.218. The molecule has 0 bridgehead atoms. The van der Waals surface area contributed by atoms with Crippen molar-refractivity contribution in [2.24, 2.45) is 5.92 Å². The van der Waals surface area contributed by atoms with E-state index in [2.05, 4.69) is 74.6 Å². The Hall–Kier alpha value is -5.19. The largest absolute Gasteiger partial charge is 0.508 e. The van der Waals surface area contributed by atoms with Crippen LogP contribution < -0.4 is 15.1 Å². The molecule has 0 radical (unpaired) electrons. The number of fused-ring (bicyclic) bond motifs is 3. The Morgan fingerprint density at radius 1 is 0.684 bits per heavy atom. The zero-order chi connectivity index (χ0) is 38.6. The van der Waals surface area contributed by atoms with Crippen molar-refractivity contribution in [2.45, 2.75) is 76.2 Å². The molecule has 10 heteroatoms. The highest BCUT2D eigenvalue weighted by molar-refractivity contribution is 6.05. The van der Waals surface area contributed by atoms with Gasteiger partial charge in [0.2, 0.25) is 11.8 Å². The number of carbonyl (C=O) groups excluding carboxylic acids is 3. The van der Waals surface area contributed by atoms with E-state index in [9.17, 15) is 19.5 Å². The lowest BCUT2D eigenvalue weighted by molar-refractivity contribution is -0.136. The molecule has 3 fully saturated rings. The first-order valence-corrected chi connectivity index (χ1v) is 21.0. The number of benzene rings is 4. The molecule has 57 heavy (non-hydrogen) atoms. The van der Waals surface area contributed by atoms with Gasteiger partial charge in [-0.3, -0.25) is 24.6 Å². The minimum absolute atomic E-state index is 0.0521. The molecule has 10 rings (SSSR count). The maximum atomic E-state index is 13.2. The van der Waals surface area contributed by atoms with Crippen molar-refractivity contribution in [1.82, 2.24) is 15.1 Å². The van der Waals surface area contributed by atoms with Crippen LogP contribution in [0.1, 0.15) is 93.4 Å². The highest BCUT2D eigenvalue weighted by atomic mass is 16.5. The number of anilines is 2. The summed E-state index contributed by atoms with van der Waals surface area (Å²) in [5.41, 5.74) is 11.7. The predicted octanol–water partition coefficient (Wildman–Crippen LogP) is 6.08. The molecule has 294 valence electrons. The van der Waals surface area contributed by atoms with Crippen LogP contribution in [0.2, 0.25) is 0 Å². The van der Waals surface area contributed by atoms with Gasteiger partial charge in [0.15, 0.2) is 0 Å². The minimum atomic E-state index is -0.589. The molecule has 3 amide bonds. The monoisotopic (exact) mass is 765 g/mol. The lowest BCUT2D eigenvalue weighted by atomic mass is 9.79. The first kappa shape index (κ1) is 36.2. The number of hydrogen-bond acceptors (Lipinski definition) is 8. The van der Waals surface area contributed by atoms with Crippen LogP contribution in [0.3, 0.4) is 0 Å². The average molecular weight is 766 g/mol. The summed E-state index contributed by atoms with van der Waals surface area (Å²) in [4.78, 5) is 46.5. The molecule has 3 atom stereocenters. The van der Waals surface area contributed by atoms with E-state index >= 15 is 0 Å². The molecule has 0 spiro atoms. The third-order valence-electron chi connectivity index (χ3n) is 13.6. The number of imide groups is 1. The molecule has 4 aromatic carbocycles. The van der Waals surface area contributed by atoms with Crippen molar-refractivity contribution in [2.75, 3.05) is 55.6 Å². The number of hydrogen-bond donors (Lipinski definition) is 2. The summed E-state index contributed by atoms with van der Waals surface area (Å²) in [6.07, 6.45) is 6.46. The molecule has 5 aliphatic heterocycles. The number of rotatable bonds is 7. The lowest BCUT2D eigenvalue weighted by Gasteiger charge is -2.40. The van der Waals surface area contributed by atoms with Gasteiger partial charge in [-0.2, -0.15) is 0 Å². The van der Waals surface area contributed by atoms with E-state index in [1.165, 1.54) is 59.2 Å². The van der Waals surface area contributed by atoms with Gasteiger partial charge >= 0.3 is 0 Å². The van der Waals surface area contributed by atoms with Crippen molar-refractivity contribution in [3.8, 4) is 5.75 Å². The van der Waals surface area contributed by atoms with Gasteiger partial charge in [-0.05, 0) is 126 Å². The van der Waals surface area contributed by atoms with Crippen LogP contribution in [0, 0.1) is 5.92 Å². The Morgan fingerprint density at radius 2 is 1.44 bits per heavy atom. The van der Waals surface area contributed by atoms with Crippen LogP contribution in [-0.2, 0) is 40.3 Å². The van der Waals surface area contributed by atoms with Crippen LogP contribution in [0.15, 0.2) is 78.9 Å². The summed E-state index contributed by atoms with van der Waals surface area (Å²) in [5.74, 6) is 0.249. The molecule has 10 nitrogen and oxygen atoms in total. The Morgan fingerprint density at radius 3 is 2.25 bits per heavy atom. The fourth-order valence-corrected chi connectivity index (χ4v) is 10.4. The summed E-state index contributed by atoms with van der Waals surface area (Å²) >= 11 is 0. The fourth-order valence-electron chi connectivity index (χ4n) is 10.4. The zero-order valence-corrected chi connectivity index (χ0v) is 32.5. The van der Waals surface area contributed by atoms with Crippen molar-refractivity contribution in [3.63, 3.8) is 0 Å². The third kappa shape index (κ3) is 6.97. The molecule has 5 heterocycles. The van der Waals surface area contributed by atoms with Crippen LogP contribution in [0.25, 0.3) is 0 Å². The summed E-state index contributed by atoms with van der Waals surface area (Å²) in [6.45, 7) is 8.06. The number of piperazine rings is 1. The Labute approximate surface area is 334 Å². The second-order valence-corrected chi connectivity index (χ2v) is 17.0. The topological polar surface area (TPSA) is 106 Å². The number of ether oxygens (including phenoxy) is 1. The molecule has 0 aromatic heterocycles. The maximum absolute atomic E-state index is 13.2. The molecule has 4 aromatic rings. The number of carbonyl (C=O) groups is 3. The van der Waals surface area contributed by atoms with E-state index in [1.54, 1.807) is 4.90 Å². The minimum Gasteiger partial charge on any atom is -0.508 e. The van der Waals surface area contributed by atoms with Crippen molar-refractivity contribution < 1.29 is 24.2 Å². The van der Waals surface area contributed by atoms with Gasteiger partial charge in [-0.1, -0.05) is 36.4 Å². The number of amides is 3. The summed E-state index contributed by atoms with van der Waals surface area (Å²) in [6, 6.07) is 27.4. The fraction of sp³-hybridized carbons (Fsp3) is 0.426. The number of phenolic OH excluding ortho intramolecular Hbond substituents is 1. The van der Waals surface area contributed by atoms with Gasteiger partial charge in [0.25, 0.3) is 5.91 Å². The average Bonchev–Trinajstić information content (AvgIpc) is 3.84. The van der Waals surface area contributed by atoms with Gasteiger partial charge in [0.05, 0.1) is 12.7 Å². The van der Waals surface area contributed by atoms with Gasteiger partial charge in [0, 0.05) is 81.6 Å². The Balaban J connectivity index is 0.740. The van der Waals surface area contributed by atoms with Gasteiger partial charge in [-0.15, -0.1) is 0 Å². The van der Waals surface area contributed by atoms with Crippen LogP contribution in [0.5, 0.6) is 5.75 Å². The SMILES string of the molecule is O=C1CC[C@H](N2Cc3cc(N4CCN(CC5CCN(c6ccc([C@@H]7c8ccc(O)cc8CO[C@@H]7c7ccc8c(c7)CCC8)cc6)CC5)CC4)ccc3C2=O)C(=O)N1. The second kappa shape index (κ2) is 15.0. The van der Waals surface area contributed by atoms with Crippen molar-refractivity contribution in [3.05, 3.63) is 123 Å². The highest BCUT2D eigenvalue weighted by Crippen LogP contribution is 2.46. The number of phenols is 1. The molecule has 6 aliphatic rings. The summed E-state index contributed by atoms with van der Waals surface area (Å²) < 4.78 is 6.61. The van der Waals surface area contributed by atoms with E-state index < -0.39 is 6.04 Å². The second-order valence-electron chi connectivity index (χ2n) is 17.0. The first-order valence-electron chi connectivity index (χ1n) is 21.0. The van der Waals surface area contributed by atoms with E-state index in [1.807, 2.05) is 24.3 Å². The molecule has 1 aliphatic carbocycles. The molecule has 3 saturated heterocycles. The Kier molecular flexibility index (Phi) is 9.49. The van der Waals surface area contributed by atoms with Crippen molar-refractivity contribution >= 4 is 29.1 Å². The number of piperidine rings is 2. The highest BCUT2D eigenvalue weighted by Gasteiger charge is 2.40. The van der Waals surface area contributed by atoms with Crippen LogP contribution in [-0.4, -0.2) is 84.5 Å². The zero-order valence-electron chi connectivity index (χ0n) is 32.5. The molecule has 2 N–H and O–H groups in total. The molecular weight excluding hydrogens is 715 g/mol. The van der Waals surface area contributed by atoms with E-state index in [0.717, 1.165) is 69.0 Å². The third-order valence-corrected chi connectivity index (χ3v) is 13.6. The molecular formula is C47H51N5O5. The lowest BCUT2D eigenvalue weighted by Crippen LogP contribution is -2.52. The summed E-state index contributed by atoms with van der Waals surface area (Å²) in [7, 11) is 0. The van der Waals surface area contributed by atoms with Gasteiger partial charge in [0.1, 0.15) is 11.8 Å². The van der Waals surface area contributed by atoms with E-state index in [4.69, 9.17) is 4.74 Å². The van der Waals surface area contributed by atoms with E-state index in [0.29, 0.717) is 31.1 Å². The predicted molar refractivity (Wildman–Crippen MR) is 218 cm³/mol. The van der Waals surface area contributed by atoms with E-state index in [-0.39, 0.29) is 41.9 Å². The number of nitrogens with one attached hydrogen (secondary N) is 1. The standard InChI is InChI=1S/C47H51N5O5/c53-39-11-13-40-36(26-39)29-57-45(34-5-4-31-2-1-3-33(31)24-34)44(40)32-6-8-37(9-7-32)50-18-16-30(17-19-50)27-49-20-22-51(23-21-49)38-10-12-41-35(25-38)28-52(47(41)56)42-14-15-43(54)48-46(42)55/h4-13,24-26,30,42,44-45,53H,1-3,14-23,27-29H2,(H,48,54,55)/t42-,44+,45+/m0/s1. The van der Waals surface area contributed by atoms with Crippen LogP contribution >= 0.6 is 0 Å². The first-order chi connectivity index (χ1) is 27.8. The normalized spacial score (nSPS) is 24.0. The molecule has 0 saturated carbocycles. The van der Waals surface area contributed by atoms with Crippen LogP contribution in [0.4, 0.5) is 11.4 Å².